The molecule has 0 radical (unpaired) electrons. The molecule has 0 aromatic carbocycles. The monoisotopic (exact) mass is 203 g/mol. The zero-order valence-corrected chi connectivity index (χ0v) is 8.21. The number of aromatic nitrogens is 2. The average molecular weight is 203 g/mol. The van der Waals surface area contributed by atoms with Crippen LogP contribution in [0.3, 0.4) is 0 Å². The molecular formula is C6H13N5OS. The topological polar surface area (TPSA) is 87.3 Å². The maximum absolute atomic E-state index is 8.68. The number of hydrogen-bond acceptors (Lipinski definition) is 7. The molecular weight excluding hydrogens is 190 g/mol. The molecule has 1 rings (SSSR count). The molecule has 7 heteroatoms. The van der Waals surface area contributed by atoms with Crippen molar-refractivity contribution in [3.8, 4) is 0 Å². The molecule has 13 heavy (non-hydrogen) atoms. The van der Waals surface area contributed by atoms with Gasteiger partial charge in [-0.25, -0.2) is 5.84 Å². The van der Waals surface area contributed by atoms with Gasteiger partial charge in [-0.2, -0.15) is 0 Å². The molecule has 0 spiro atoms. The molecule has 6 nitrogen and oxygen atoms in total. The predicted octanol–water partition coefficient (Wildman–Crippen LogP) is -0.752. The smallest absolute Gasteiger partial charge is 0.148 e. The van der Waals surface area contributed by atoms with Crippen molar-refractivity contribution in [3.05, 3.63) is 5.69 Å². The van der Waals surface area contributed by atoms with E-state index in [9.17, 15) is 0 Å². The Labute approximate surface area is 80.5 Å². The second-order valence-corrected chi connectivity index (χ2v) is 3.41. The minimum Gasteiger partial charge on any atom is -0.395 e. The van der Waals surface area contributed by atoms with Gasteiger partial charge in [-0.05, 0) is 7.05 Å². The quantitative estimate of drug-likeness (QED) is 0.431. The molecule has 1 heterocycles. The number of aliphatic hydroxyl groups is 1. The van der Waals surface area contributed by atoms with E-state index < -0.39 is 0 Å². The highest BCUT2D eigenvalue weighted by Gasteiger charge is 2.08. The van der Waals surface area contributed by atoms with Gasteiger partial charge in [-0.1, -0.05) is 4.49 Å². The summed E-state index contributed by atoms with van der Waals surface area (Å²) in [5, 5.41) is 13.4. The van der Waals surface area contributed by atoms with E-state index in [0.717, 1.165) is 10.7 Å². The van der Waals surface area contributed by atoms with Gasteiger partial charge in [0.25, 0.3) is 0 Å². The Morgan fingerprint density at radius 1 is 1.69 bits per heavy atom. The van der Waals surface area contributed by atoms with Crippen LogP contribution in [0.5, 0.6) is 0 Å². The molecule has 0 bridgehead atoms. The van der Waals surface area contributed by atoms with E-state index in [-0.39, 0.29) is 6.61 Å². The van der Waals surface area contributed by atoms with E-state index >= 15 is 0 Å². The first-order valence-corrected chi connectivity index (χ1v) is 4.62. The molecule has 1 aromatic heterocycles. The van der Waals surface area contributed by atoms with E-state index in [1.165, 1.54) is 11.5 Å². The number of nitrogens with one attached hydrogen (secondary N) is 1. The van der Waals surface area contributed by atoms with Gasteiger partial charge in [-0.15, -0.1) is 5.10 Å². The molecule has 0 saturated heterocycles. The zero-order chi connectivity index (χ0) is 9.68. The lowest BCUT2D eigenvalue weighted by molar-refractivity contribution is 0.216. The van der Waals surface area contributed by atoms with Crippen molar-refractivity contribution >= 4 is 16.5 Å². The van der Waals surface area contributed by atoms with Crippen LogP contribution in [0.1, 0.15) is 5.69 Å². The van der Waals surface area contributed by atoms with E-state index in [4.69, 9.17) is 10.9 Å². The second kappa shape index (κ2) is 5.07. The summed E-state index contributed by atoms with van der Waals surface area (Å²) < 4.78 is 3.77. The SMILES string of the molecule is CN(CCO)Cc1nnsc1NN. The summed E-state index contributed by atoms with van der Waals surface area (Å²) in [5.74, 6) is 5.26. The van der Waals surface area contributed by atoms with Gasteiger partial charge in [0.15, 0.2) is 0 Å². The third-order valence-corrected chi connectivity index (χ3v) is 2.29. The molecule has 74 valence electrons. The van der Waals surface area contributed by atoms with Crippen LogP contribution in [-0.2, 0) is 6.54 Å². The summed E-state index contributed by atoms with van der Waals surface area (Å²) in [5.41, 5.74) is 3.34. The van der Waals surface area contributed by atoms with Crippen LogP contribution in [0.2, 0.25) is 0 Å². The largest absolute Gasteiger partial charge is 0.395 e. The third-order valence-electron chi connectivity index (χ3n) is 1.59. The van der Waals surface area contributed by atoms with Crippen molar-refractivity contribution in [2.75, 3.05) is 25.6 Å². The average Bonchev–Trinajstić information content (AvgIpc) is 2.52. The van der Waals surface area contributed by atoms with Gasteiger partial charge in [0.05, 0.1) is 6.61 Å². The molecule has 0 aliphatic heterocycles. The van der Waals surface area contributed by atoms with Crippen molar-refractivity contribution in [3.63, 3.8) is 0 Å². The number of aliphatic hydroxyl groups excluding tert-OH is 1. The zero-order valence-electron chi connectivity index (χ0n) is 7.40. The fourth-order valence-corrected chi connectivity index (χ4v) is 1.41. The highest BCUT2D eigenvalue weighted by atomic mass is 32.1. The van der Waals surface area contributed by atoms with Crippen molar-refractivity contribution in [2.24, 2.45) is 5.84 Å². The van der Waals surface area contributed by atoms with Crippen LogP contribution < -0.4 is 11.3 Å². The summed E-state index contributed by atoms with van der Waals surface area (Å²) >= 11 is 1.22. The lowest BCUT2D eigenvalue weighted by atomic mass is 10.4. The van der Waals surface area contributed by atoms with Gasteiger partial charge in [0, 0.05) is 24.6 Å². The van der Waals surface area contributed by atoms with Gasteiger partial charge < -0.3 is 10.5 Å². The van der Waals surface area contributed by atoms with E-state index in [1.54, 1.807) is 0 Å². The summed E-state index contributed by atoms with van der Waals surface area (Å²) in [7, 11) is 1.90. The number of rotatable bonds is 5. The van der Waals surface area contributed by atoms with Crippen molar-refractivity contribution < 1.29 is 5.11 Å². The van der Waals surface area contributed by atoms with Gasteiger partial charge in [-0.3, -0.25) is 4.90 Å². The lowest BCUT2D eigenvalue weighted by Crippen LogP contribution is -2.22. The molecule has 0 aliphatic carbocycles. The number of hydrazine groups is 1. The molecule has 1 aromatic rings. The number of anilines is 1. The van der Waals surface area contributed by atoms with Crippen molar-refractivity contribution in [1.29, 1.82) is 0 Å². The molecule has 0 amide bonds. The molecule has 0 aliphatic rings. The van der Waals surface area contributed by atoms with E-state index in [0.29, 0.717) is 13.1 Å². The number of nitrogens with two attached hydrogens (primary N) is 1. The Kier molecular flexibility index (Phi) is 4.03. The summed E-state index contributed by atoms with van der Waals surface area (Å²) in [6.07, 6.45) is 0. The minimum absolute atomic E-state index is 0.138. The van der Waals surface area contributed by atoms with Crippen molar-refractivity contribution in [1.82, 2.24) is 14.5 Å². The van der Waals surface area contributed by atoms with Crippen molar-refractivity contribution in [2.45, 2.75) is 6.54 Å². The lowest BCUT2D eigenvalue weighted by Gasteiger charge is -2.13. The van der Waals surface area contributed by atoms with Gasteiger partial charge in [0.1, 0.15) is 10.7 Å². The van der Waals surface area contributed by atoms with Crippen LogP contribution in [-0.4, -0.2) is 39.8 Å². The van der Waals surface area contributed by atoms with E-state index in [2.05, 4.69) is 15.0 Å². The van der Waals surface area contributed by atoms with Crippen LogP contribution in [0, 0.1) is 0 Å². The minimum atomic E-state index is 0.138. The molecule has 0 atom stereocenters. The Morgan fingerprint density at radius 3 is 3.08 bits per heavy atom. The molecule has 0 fully saturated rings. The first-order valence-electron chi connectivity index (χ1n) is 3.85. The first-order chi connectivity index (χ1) is 6.27. The van der Waals surface area contributed by atoms with Crippen LogP contribution in [0.15, 0.2) is 0 Å². The maximum Gasteiger partial charge on any atom is 0.148 e. The number of nitrogens with zero attached hydrogens (tertiary/aromatic N) is 3. The molecule has 0 saturated carbocycles. The van der Waals surface area contributed by atoms with Crippen LogP contribution in [0.25, 0.3) is 0 Å². The third kappa shape index (κ3) is 2.88. The van der Waals surface area contributed by atoms with Crippen LogP contribution >= 0.6 is 11.5 Å². The summed E-state index contributed by atoms with van der Waals surface area (Å²) in [6, 6.07) is 0. The summed E-state index contributed by atoms with van der Waals surface area (Å²) in [4.78, 5) is 1.94. The predicted molar refractivity (Wildman–Crippen MR) is 51.1 cm³/mol. The maximum atomic E-state index is 8.68. The Morgan fingerprint density at radius 2 is 2.46 bits per heavy atom. The molecule has 0 unspecified atom stereocenters. The Bertz CT molecular complexity index is 253. The normalized spacial score (nSPS) is 10.8. The Hall–Kier alpha value is -0.760. The highest BCUT2D eigenvalue weighted by Crippen LogP contribution is 2.16. The highest BCUT2D eigenvalue weighted by molar-refractivity contribution is 7.10. The fourth-order valence-electron chi connectivity index (χ4n) is 0.927. The Balaban J connectivity index is 2.52. The molecule has 4 N–H and O–H groups in total. The standard InChI is InChI=1S/C6H13N5OS/c1-11(2-3-12)4-5-6(8-7)13-10-9-5/h8,12H,2-4,7H2,1H3. The number of hydrogen-bond donors (Lipinski definition) is 3. The number of likely N-dealkylation sites (N-methyl/N-ethyl adjacent to an activating group) is 1. The number of nitrogen functional groups attached to an aromatic ring is 1. The van der Waals surface area contributed by atoms with E-state index in [1.807, 2.05) is 11.9 Å². The fraction of sp³-hybridized carbons (Fsp3) is 0.667. The van der Waals surface area contributed by atoms with Gasteiger partial charge in [0.2, 0.25) is 0 Å². The summed E-state index contributed by atoms with van der Waals surface area (Å²) in [6.45, 7) is 1.39. The van der Waals surface area contributed by atoms with Crippen LogP contribution in [0.4, 0.5) is 5.00 Å². The second-order valence-electron chi connectivity index (χ2n) is 2.65. The first kappa shape index (κ1) is 10.3. The van der Waals surface area contributed by atoms with Gasteiger partial charge >= 0.3 is 0 Å².